The van der Waals surface area contributed by atoms with E-state index in [0.717, 1.165) is 49.7 Å². The zero-order valence-corrected chi connectivity index (χ0v) is 25.1. The fraction of sp³-hybridized carbons (Fsp3) is 0.750. The van der Waals surface area contributed by atoms with Crippen LogP contribution in [0.5, 0.6) is 0 Å². The highest BCUT2D eigenvalue weighted by molar-refractivity contribution is 5.87. The number of rotatable bonds is 0. The molecule has 0 unspecified atom stereocenters. The number of ketones is 1. The highest BCUT2D eigenvalue weighted by Crippen LogP contribution is 2.34. The van der Waals surface area contributed by atoms with E-state index in [1.165, 1.54) is 0 Å². The summed E-state index contributed by atoms with van der Waals surface area (Å²) in [5.41, 5.74) is 2.56. The molecular weight excluding hydrogens is 512 g/mol. The van der Waals surface area contributed by atoms with Crippen LogP contribution in [0.2, 0.25) is 0 Å². The highest BCUT2D eigenvalue weighted by Gasteiger charge is 2.38. The van der Waals surface area contributed by atoms with E-state index >= 15 is 0 Å². The van der Waals surface area contributed by atoms with Crippen molar-refractivity contribution in [3.63, 3.8) is 0 Å². The Kier molecular flexibility index (Phi) is 14.2. The van der Waals surface area contributed by atoms with Crippen LogP contribution < -0.4 is 0 Å². The van der Waals surface area contributed by atoms with Crippen molar-refractivity contribution in [2.75, 3.05) is 6.61 Å². The average molecular weight is 565 g/mol. The van der Waals surface area contributed by atoms with E-state index in [4.69, 9.17) is 9.47 Å². The Morgan fingerprint density at radius 3 is 2.30 bits per heavy atom. The number of fused-ring (bicyclic) bond motifs is 1. The molecular formula is C32H52O8. The molecule has 0 aromatic heterocycles. The lowest BCUT2D eigenvalue weighted by Crippen LogP contribution is -2.41. The lowest BCUT2D eigenvalue weighted by atomic mass is 9.88. The highest BCUT2D eigenvalue weighted by atomic mass is 16.6. The van der Waals surface area contributed by atoms with Crippen LogP contribution in [0.25, 0.3) is 0 Å². The van der Waals surface area contributed by atoms with Crippen LogP contribution in [0.3, 0.4) is 0 Å². The predicted octanol–water partition coefficient (Wildman–Crippen LogP) is 4.19. The SMILES string of the molecule is C=C1/C=C(/C)[C@@H](C)C[C@H](O)CC(=O)[C@H](O)[C@@H](O)[C@H](C)C[C@@H](O)COC(=O)/C(C)=C/CCCC[C@H]2O[C@H]2C[C@H](C)C1. The maximum atomic E-state index is 12.6. The molecule has 2 heterocycles. The van der Waals surface area contributed by atoms with Crippen LogP contribution in [0.15, 0.2) is 35.5 Å². The standard InChI is InChI=1S/C32H52O8/c1-19-12-20(2)14-29-28(40-29)11-9-7-8-10-21(3)32(38)39-18-26(34)16-24(6)30(36)31(37)27(35)17-25(33)15-23(5)22(4)13-19/h10,13,20,23-26,28-31,33-34,36-37H,1,7-9,11-12,14-18H2,2-6H3/b21-10+,22-13-/t20-,23+,24-,25+,26-,28-,29+,30+,31+/m1/s1. The van der Waals surface area contributed by atoms with Gasteiger partial charge in [-0.25, -0.2) is 4.79 Å². The number of hydrogen-bond acceptors (Lipinski definition) is 8. The number of carbonyl (C=O) groups excluding carboxylic acids is 2. The van der Waals surface area contributed by atoms with Crippen molar-refractivity contribution in [1.82, 2.24) is 0 Å². The molecule has 8 nitrogen and oxygen atoms in total. The van der Waals surface area contributed by atoms with Gasteiger partial charge in [0.2, 0.25) is 0 Å². The van der Waals surface area contributed by atoms with Crippen LogP contribution in [0.1, 0.15) is 92.4 Å². The number of hydrogen-bond donors (Lipinski definition) is 4. The summed E-state index contributed by atoms with van der Waals surface area (Å²) >= 11 is 0. The summed E-state index contributed by atoms with van der Waals surface area (Å²) in [6.07, 6.45) is 5.00. The van der Waals surface area contributed by atoms with Crippen LogP contribution in [0.4, 0.5) is 0 Å². The summed E-state index contributed by atoms with van der Waals surface area (Å²) in [5, 5.41) is 41.8. The first kappa shape index (κ1) is 34.4. The third kappa shape index (κ3) is 12.0. The second-order valence-electron chi connectivity index (χ2n) is 12.3. The molecule has 2 aliphatic rings. The molecule has 0 amide bonds. The van der Waals surface area contributed by atoms with Gasteiger partial charge in [0, 0.05) is 12.0 Å². The summed E-state index contributed by atoms with van der Waals surface area (Å²) in [7, 11) is 0. The molecule has 9 atom stereocenters. The molecule has 0 bridgehead atoms. The fourth-order valence-electron chi connectivity index (χ4n) is 5.44. The van der Waals surface area contributed by atoms with Gasteiger partial charge in [-0.05, 0) is 76.5 Å². The lowest BCUT2D eigenvalue weighted by Gasteiger charge is -2.26. The molecule has 40 heavy (non-hydrogen) atoms. The van der Waals surface area contributed by atoms with Gasteiger partial charge >= 0.3 is 5.97 Å². The Morgan fingerprint density at radius 1 is 0.900 bits per heavy atom. The number of allylic oxidation sites excluding steroid dienone is 4. The molecule has 0 spiro atoms. The lowest BCUT2D eigenvalue weighted by molar-refractivity contribution is -0.143. The zero-order valence-electron chi connectivity index (χ0n) is 25.1. The minimum absolute atomic E-state index is 0.00520. The van der Waals surface area contributed by atoms with Crippen molar-refractivity contribution in [1.29, 1.82) is 0 Å². The summed E-state index contributed by atoms with van der Waals surface area (Å²) in [4.78, 5) is 24.9. The molecule has 0 aromatic carbocycles. The monoisotopic (exact) mass is 564 g/mol. The van der Waals surface area contributed by atoms with E-state index in [-0.39, 0.29) is 31.5 Å². The third-order valence-electron chi connectivity index (χ3n) is 8.21. The van der Waals surface area contributed by atoms with Crippen LogP contribution in [-0.2, 0) is 19.1 Å². The quantitative estimate of drug-likeness (QED) is 0.254. The second kappa shape index (κ2) is 16.6. The van der Waals surface area contributed by atoms with E-state index in [2.05, 4.69) is 19.6 Å². The van der Waals surface area contributed by atoms with Gasteiger partial charge in [0.1, 0.15) is 12.7 Å². The Bertz CT molecular complexity index is 909. The Hall–Kier alpha value is -1.84. The molecule has 0 saturated carbocycles. The minimum atomic E-state index is -1.68. The van der Waals surface area contributed by atoms with Crippen molar-refractivity contribution in [2.24, 2.45) is 17.8 Å². The third-order valence-corrected chi connectivity index (χ3v) is 8.21. The number of cyclic esters (lactones) is 1. The molecule has 0 aromatic rings. The van der Waals surface area contributed by atoms with Gasteiger partial charge in [0.25, 0.3) is 0 Å². The van der Waals surface area contributed by atoms with E-state index in [1.807, 2.05) is 19.9 Å². The second-order valence-corrected chi connectivity index (χ2v) is 12.3. The summed E-state index contributed by atoms with van der Waals surface area (Å²) in [5.74, 6) is -1.37. The van der Waals surface area contributed by atoms with E-state index < -0.39 is 42.1 Å². The fourth-order valence-corrected chi connectivity index (χ4v) is 5.44. The number of carbonyl (C=O) groups is 2. The summed E-state index contributed by atoms with van der Waals surface area (Å²) in [6, 6.07) is 0. The topological polar surface area (TPSA) is 137 Å². The normalized spacial score (nSPS) is 40.0. The van der Waals surface area contributed by atoms with Crippen molar-refractivity contribution < 1.29 is 39.5 Å². The van der Waals surface area contributed by atoms with Crippen LogP contribution in [-0.4, -0.2) is 75.4 Å². The number of epoxide rings is 1. The van der Waals surface area contributed by atoms with Crippen LogP contribution in [0, 0.1) is 17.8 Å². The smallest absolute Gasteiger partial charge is 0.333 e. The molecule has 0 radical (unpaired) electrons. The molecule has 4 N–H and O–H groups in total. The van der Waals surface area contributed by atoms with Crippen molar-refractivity contribution in [2.45, 2.75) is 129 Å². The van der Waals surface area contributed by atoms with Crippen LogP contribution >= 0.6 is 0 Å². The van der Waals surface area contributed by atoms with Crippen molar-refractivity contribution in [3.8, 4) is 0 Å². The Morgan fingerprint density at radius 2 is 1.60 bits per heavy atom. The van der Waals surface area contributed by atoms with Gasteiger partial charge in [0.15, 0.2) is 5.78 Å². The van der Waals surface area contributed by atoms with Gasteiger partial charge in [-0.3, -0.25) is 4.79 Å². The summed E-state index contributed by atoms with van der Waals surface area (Å²) in [6.45, 7) is 13.4. The Balaban J connectivity index is 2.04. The first-order chi connectivity index (χ1) is 18.8. The molecule has 8 heteroatoms. The van der Waals surface area contributed by atoms with Crippen molar-refractivity contribution >= 4 is 11.8 Å². The Labute approximate surface area is 240 Å². The number of esters is 1. The maximum Gasteiger partial charge on any atom is 0.333 e. The predicted molar refractivity (Wildman–Crippen MR) is 154 cm³/mol. The minimum Gasteiger partial charge on any atom is -0.460 e. The largest absolute Gasteiger partial charge is 0.460 e. The average Bonchev–Trinajstić information content (AvgIpc) is 3.61. The molecule has 1 saturated heterocycles. The van der Waals surface area contributed by atoms with Gasteiger partial charge in [0.05, 0.1) is 30.5 Å². The first-order valence-electron chi connectivity index (χ1n) is 14.9. The molecule has 2 rings (SSSR count). The van der Waals surface area contributed by atoms with E-state index in [0.29, 0.717) is 24.0 Å². The van der Waals surface area contributed by atoms with E-state index in [9.17, 15) is 30.0 Å². The molecule has 1 fully saturated rings. The number of Topliss-reactive ketones (excluding diaryl/α,β-unsaturated/α-hetero) is 1. The maximum absolute atomic E-state index is 12.6. The molecule has 0 aliphatic carbocycles. The zero-order chi connectivity index (χ0) is 30.0. The number of aliphatic hydroxyl groups excluding tert-OH is 4. The van der Waals surface area contributed by atoms with Gasteiger partial charge in [-0.2, -0.15) is 0 Å². The number of ether oxygens (including phenoxy) is 2. The molecule has 228 valence electrons. The van der Waals surface area contributed by atoms with Gasteiger partial charge in [-0.1, -0.05) is 57.1 Å². The van der Waals surface area contributed by atoms with E-state index in [1.54, 1.807) is 13.8 Å². The van der Waals surface area contributed by atoms with Gasteiger partial charge < -0.3 is 29.9 Å². The van der Waals surface area contributed by atoms with Crippen molar-refractivity contribution in [3.05, 3.63) is 35.5 Å². The van der Waals surface area contributed by atoms with Gasteiger partial charge in [-0.15, -0.1) is 0 Å². The number of aliphatic hydroxyl groups is 4. The molecule has 2 aliphatic heterocycles. The first-order valence-corrected chi connectivity index (χ1v) is 14.9. The summed E-state index contributed by atoms with van der Waals surface area (Å²) < 4.78 is 11.1.